The van der Waals surface area contributed by atoms with Gasteiger partial charge in [0.15, 0.2) is 0 Å². The zero-order chi connectivity index (χ0) is 18.9. The smallest absolute Gasteiger partial charge is 0.336 e. The highest BCUT2D eigenvalue weighted by atomic mass is 16.4. The average molecular weight is 356 g/mol. The van der Waals surface area contributed by atoms with Gasteiger partial charge in [-0.05, 0) is 37.0 Å². The predicted molar refractivity (Wildman–Crippen MR) is 98.8 cm³/mol. The lowest BCUT2D eigenvalue weighted by atomic mass is 9.88. The Balaban J connectivity index is 1.99. The number of aryl methyl sites for hydroxylation is 1. The van der Waals surface area contributed by atoms with Gasteiger partial charge in [-0.25, -0.2) is 9.59 Å². The molecule has 0 spiro atoms. The fourth-order valence-corrected chi connectivity index (χ4v) is 3.78. The molecule has 1 N–H and O–H groups in total. The lowest BCUT2D eigenvalue weighted by molar-refractivity contribution is -0.132. The van der Waals surface area contributed by atoms with Crippen LogP contribution in [0.3, 0.4) is 0 Å². The number of carbonyl (C=O) groups is 2. The van der Waals surface area contributed by atoms with Crippen molar-refractivity contribution >= 4 is 22.9 Å². The molecule has 6 heteroatoms. The topological polar surface area (TPSA) is 79.6 Å². The third-order valence-electron chi connectivity index (χ3n) is 4.91. The Bertz CT molecular complexity index is 910. The van der Waals surface area contributed by atoms with Gasteiger partial charge >= 0.3 is 11.7 Å². The van der Waals surface area contributed by atoms with Gasteiger partial charge in [0.2, 0.25) is 0 Å². The third-order valence-corrected chi connectivity index (χ3v) is 4.91. The molecule has 3 rings (SSSR count). The quantitative estimate of drug-likeness (QED) is 0.635. The molecule has 0 atom stereocenters. The Hall–Kier alpha value is -2.63. The summed E-state index contributed by atoms with van der Waals surface area (Å²) in [5.41, 5.74) is 0.736. The van der Waals surface area contributed by atoms with Crippen LogP contribution in [0.15, 0.2) is 33.5 Å². The maximum Gasteiger partial charge on any atom is 0.336 e. The van der Waals surface area contributed by atoms with Crippen molar-refractivity contribution in [1.29, 1.82) is 0 Å². The largest absolute Gasteiger partial charge is 0.423 e. The number of amides is 3. The number of imide groups is 1. The van der Waals surface area contributed by atoms with E-state index in [-0.39, 0.29) is 12.5 Å². The van der Waals surface area contributed by atoms with Crippen molar-refractivity contribution in [3.05, 3.63) is 45.8 Å². The number of hydrogen-bond donors (Lipinski definition) is 1. The summed E-state index contributed by atoms with van der Waals surface area (Å²) in [6.45, 7) is 5.97. The number of carbonyl (C=O) groups excluding carboxylic acids is 2. The second-order valence-corrected chi connectivity index (χ2v) is 6.99. The molecule has 138 valence electrons. The van der Waals surface area contributed by atoms with Crippen LogP contribution in [-0.4, -0.2) is 22.4 Å². The summed E-state index contributed by atoms with van der Waals surface area (Å²) < 4.78 is 5.26. The monoisotopic (exact) mass is 356 g/mol. The Morgan fingerprint density at radius 2 is 1.77 bits per heavy atom. The van der Waals surface area contributed by atoms with E-state index in [0.29, 0.717) is 24.0 Å². The summed E-state index contributed by atoms with van der Waals surface area (Å²) in [6, 6.07) is 6.51. The summed E-state index contributed by atoms with van der Waals surface area (Å²) in [5.74, 6) is -0.209. The predicted octanol–water partition coefficient (Wildman–Crippen LogP) is 3.49. The van der Waals surface area contributed by atoms with Crippen LogP contribution >= 0.6 is 0 Å². The number of fused-ring (bicyclic) bond motifs is 1. The van der Waals surface area contributed by atoms with E-state index < -0.39 is 17.2 Å². The number of nitrogens with one attached hydrogen (secondary N) is 1. The molecule has 6 nitrogen and oxygen atoms in total. The minimum atomic E-state index is -0.827. The van der Waals surface area contributed by atoms with E-state index >= 15 is 0 Å². The van der Waals surface area contributed by atoms with Crippen LogP contribution in [0.25, 0.3) is 11.0 Å². The summed E-state index contributed by atoms with van der Waals surface area (Å²) in [5, 5.41) is 3.63. The zero-order valence-electron chi connectivity index (χ0n) is 15.4. The first kappa shape index (κ1) is 18.2. The molecular weight excluding hydrogens is 332 g/mol. The molecule has 0 radical (unpaired) electrons. The average Bonchev–Trinajstić information content (AvgIpc) is 2.79. The van der Waals surface area contributed by atoms with E-state index in [1.54, 1.807) is 6.07 Å². The van der Waals surface area contributed by atoms with Crippen LogP contribution in [0.4, 0.5) is 4.79 Å². The fourth-order valence-electron chi connectivity index (χ4n) is 3.78. The summed E-state index contributed by atoms with van der Waals surface area (Å²) in [6.07, 6.45) is 2.82. The Kier molecular flexibility index (Phi) is 4.85. The van der Waals surface area contributed by atoms with Gasteiger partial charge in [0, 0.05) is 11.5 Å². The second kappa shape index (κ2) is 6.94. The molecule has 3 amide bonds. The molecule has 1 aliphatic heterocycles. The minimum Gasteiger partial charge on any atom is -0.423 e. The number of nitrogens with zero attached hydrogens (tertiary/aromatic N) is 1. The SMILES string of the molecule is CCCC1(CCC)NC(=O)N(Cc2cc(=O)oc3cc(C)ccc23)C1=O. The van der Waals surface area contributed by atoms with E-state index in [1.807, 2.05) is 32.9 Å². The maximum atomic E-state index is 13.0. The van der Waals surface area contributed by atoms with Crippen LogP contribution in [-0.2, 0) is 11.3 Å². The molecule has 0 unspecified atom stereocenters. The lowest BCUT2D eigenvalue weighted by Gasteiger charge is -2.25. The Morgan fingerprint density at radius 1 is 1.08 bits per heavy atom. The molecule has 0 aliphatic carbocycles. The van der Waals surface area contributed by atoms with Crippen molar-refractivity contribution in [1.82, 2.24) is 10.2 Å². The highest BCUT2D eigenvalue weighted by Crippen LogP contribution is 2.30. The molecule has 0 bridgehead atoms. The van der Waals surface area contributed by atoms with Gasteiger partial charge < -0.3 is 9.73 Å². The first-order valence-corrected chi connectivity index (χ1v) is 9.07. The molecule has 1 saturated heterocycles. The Labute approximate surface area is 152 Å². The van der Waals surface area contributed by atoms with Gasteiger partial charge in [-0.1, -0.05) is 38.8 Å². The van der Waals surface area contributed by atoms with Gasteiger partial charge in [0.25, 0.3) is 5.91 Å². The normalized spacial score (nSPS) is 16.3. The van der Waals surface area contributed by atoms with Crippen molar-refractivity contribution in [2.24, 2.45) is 0 Å². The summed E-state index contributed by atoms with van der Waals surface area (Å²) >= 11 is 0. The van der Waals surface area contributed by atoms with E-state index in [0.717, 1.165) is 23.8 Å². The van der Waals surface area contributed by atoms with E-state index in [1.165, 1.54) is 11.0 Å². The molecule has 2 heterocycles. The third kappa shape index (κ3) is 3.11. The summed E-state index contributed by atoms with van der Waals surface area (Å²) in [4.78, 5) is 38.7. The first-order chi connectivity index (χ1) is 12.4. The maximum absolute atomic E-state index is 13.0. The summed E-state index contributed by atoms with van der Waals surface area (Å²) in [7, 11) is 0. The molecule has 1 aliphatic rings. The minimum absolute atomic E-state index is 0.0605. The first-order valence-electron chi connectivity index (χ1n) is 9.07. The van der Waals surface area contributed by atoms with E-state index in [4.69, 9.17) is 4.42 Å². The number of benzene rings is 1. The van der Waals surface area contributed by atoms with Crippen molar-refractivity contribution in [3.63, 3.8) is 0 Å². The van der Waals surface area contributed by atoms with E-state index in [9.17, 15) is 14.4 Å². The Morgan fingerprint density at radius 3 is 2.42 bits per heavy atom. The van der Waals surface area contributed by atoms with Gasteiger partial charge in [-0.3, -0.25) is 9.69 Å². The van der Waals surface area contributed by atoms with Crippen LogP contribution < -0.4 is 10.9 Å². The molecule has 1 aromatic heterocycles. The molecule has 26 heavy (non-hydrogen) atoms. The molecule has 1 aromatic carbocycles. The highest BCUT2D eigenvalue weighted by molar-refractivity contribution is 6.07. The van der Waals surface area contributed by atoms with Crippen molar-refractivity contribution < 1.29 is 14.0 Å². The van der Waals surface area contributed by atoms with Crippen LogP contribution in [0, 0.1) is 6.92 Å². The van der Waals surface area contributed by atoms with Crippen molar-refractivity contribution in [2.75, 3.05) is 0 Å². The van der Waals surface area contributed by atoms with Crippen LogP contribution in [0.5, 0.6) is 0 Å². The molecule has 0 saturated carbocycles. The van der Waals surface area contributed by atoms with Crippen LogP contribution in [0.1, 0.15) is 50.7 Å². The number of rotatable bonds is 6. The number of hydrogen-bond acceptors (Lipinski definition) is 4. The van der Waals surface area contributed by atoms with Gasteiger partial charge in [0.05, 0.1) is 6.54 Å². The van der Waals surface area contributed by atoms with Gasteiger partial charge in [-0.2, -0.15) is 0 Å². The van der Waals surface area contributed by atoms with E-state index in [2.05, 4.69) is 5.32 Å². The zero-order valence-corrected chi connectivity index (χ0v) is 15.4. The molecule has 2 aromatic rings. The highest BCUT2D eigenvalue weighted by Gasteiger charge is 2.49. The second-order valence-electron chi connectivity index (χ2n) is 6.99. The lowest BCUT2D eigenvalue weighted by Crippen LogP contribution is -2.46. The van der Waals surface area contributed by atoms with Gasteiger partial charge in [0.1, 0.15) is 11.1 Å². The standard InChI is InChI=1S/C20H24N2O4/c1-4-8-20(9-5-2)18(24)22(19(25)21-20)12-14-11-17(23)26-16-10-13(3)6-7-15(14)16/h6-7,10-11H,4-5,8-9,12H2,1-3H3,(H,21,25). The van der Waals surface area contributed by atoms with Crippen LogP contribution in [0.2, 0.25) is 0 Å². The number of urea groups is 1. The van der Waals surface area contributed by atoms with Crippen molar-refractivity contribution in [2.45, 2.75) is 58.5 Å². The van der Waals surface area contributed by atoms with Crippen molar-refractivity contribution in [3.8, 4) is 0 Å². The fraction of sp³-hybridized carbons (Fsp3) is 0.450. The molecule has 1 fully saturated rings. The molecular formula is C20H24N2O4. The van der Waals surface area contributed by atoms with Gasteiger partial charge in [-0.15, -0.1) is 0 Å².